The molecule has 0 radical (unpaired) electrons. The molecular formula is C11H13BrO3. The number of methoxy groups -OCH3 is 1. The molecule has 0 bridgehead atoms. The van der Waals surface area contributed by atoms with Crippen molar-refractivity contribution in [3.63, 3.8) is 0 Å². The summed E-state index contributed by atoms with van der Waals surface area (Å²) in [6.45, 7) is 2.66. The van der Waals surface area contributed by atoms with Crippen LogP contribution in [0.2, 0.25) is 0 Å². The minimum Gasteiger partial charge on any atom is -0.493 e. The van der Waals surface area contributed by atoms with Gasteiger partial charge in [0.2, 0.25) is 0 Å². The summed E-state index contributed by atoms with van der Waals surface area (Å²) in [7, 11) is 1.55. The maximum atomic E-state index is 10.7. The molecule has 1 aromatic rings. The van der Waals surface area contributed by atoms with Gasteiger partial charge in [-0.25, -0.2) is 0 Å². The van der Waals surface area contributed by atoms with Gasteiger partial charge in [0.1, 0.15) is 0 Å². The number of rotatable bonds is 5. The fourth-order valence-electron chi connectivity index (χ4n) is 1.13. The monoisotopic (exact) mass is 272 g/mol. The van der Waals surface area contributed by atoms with Gasteiger partial charge < -0.3 is 9.47 Å². The highest BCUT2D eigenvalue weighted by molar-refractivity contribution is 9.10. The molecular weight excluding hydrogens is 260 g/mol. The number of aldehydes is 1. The Balaban J connectivity index is 3.03. The lowest BCUT2D eigenvalue weighted by atomic mass is 10.2. The first-order chi connectivity index (χ1) is 7.22. The maximum absolute atomic E-state index is 10.7. The normalized spacial score (nSPS) is 9.80. The van der Waals surface area contributed by atoms with Crippen molar-refractivity contribution in [1.82, 2.24) is 0 Å². The Morgan fingerprint density at radius 2 is 2.13 bits per heavy atom. The lowest BCUT2D eigenvalue weighted by molar-refractivity contribution is 0.112. The number of benzene rings is 1. The number of hydrogen-bond acceptors (Lipinski definition) is 3. The van der Waals surface area contributed by atoms with Crippen LogP contribution in [0, 0.1) is 0 Å². The fraction of sp³-hybridized carbons (Fsp3) is 0.364. The van der Waals surface area contributed by atoms with Crippen molar-refractivity contribution in [3.05, 3.63) is 22.2 Å². The first-order valence-corrected chi connectivity index (χ1v) is 5.47. The molecule has 0 spiro atoms. The Kier molecular flexibility index (Phi) is 4.62. The van der Waals surface area contributed by atoms with Crippen LogP contribution in [0.5, 0.6) is 11.5 Å². The van der Waals surface area contributed by atoms with Crippen LogP contribution in [0.1, 0.15) is 23.7 Å². The molecule has 0 saturated heterocycles. The Morgan fingerprint density at radius 1 is 1.40 bits per heavy atom. The van der Waals surface area contributed by atoms with Gasteiger partial charge in [-0.2, -0.15) is 0 Å². The second-order valence-corrected chi connectivity index (χ2v) is 3.85. The standard InChI is InChI=1S/C11H13BrO3/c1-3-4-15-11-6-9(12)8(7-13)5-10(11)14-2/h5-7H,3-4H2,1-2H3. The SMILES string of the molecule is CCCOc1cc(Br)c(C=O)cc1OC. The van der Waals surface area contributed by atoms with E-state index in [1.165, 1.54) is 0 Å². The molecule has 4 heteroatoms. The summed E-state index contributed by atoms with van der Waals surface area (Å²) in [5, 5.41) is 0. The lowest BCUT2D eigenvalue weighted by Crippen LogP contribution is -1.99. The van der Waals surface area contributed by atoms with E-state index in [9.17, 15) is 4.79 Å². The van der Waals surface area contributed by atoms with Gasteiger partial charge in [-0.3, -0.25) is 4.79 Å². The van der Waals surface area contributed by atoms with Gasteiger partial charge in [0, 0.05) is 10.0 Å². The van der Waals surface area contributed by atoms with Crippen LogP contribution in [0.25, 0.3) is 0 Å². The first kappa shape index (κ1) is 12.0. The van der Waals surface area contributed by atoms with Gasteiger partial charge in [-0.05, 0) is 34.5 Å². The molecule has 15 heavy (non-hydrogen) atoms. The van der Waals surface area contributed by atoms with Crippen molar-refractivity contribution in [2.45, 2.75) is 13.3 Å². The number of carbonyl (C=O) groups excluding carboxylic acids is 1. The average molecular weight is 273 g/mol. The van der Waals surface area contributed by atoms with Gasteiger partial charge in [0.25, 0.3) is 0 Å². The van der Waals surface area contributed by atoms with E-state index in [2.05, 4.69) is 15.9 Å². The second-order valence-electron chi connectivity index (χ2n) is 2.99. The van der Waals surface area contributed by atoms with Crippen molar-refractivity contribution in [2.24, 2.45) is 0 Å². The van der Waals surface area contributed by atoms with Crippen molar-refractivity contribution >= 4 is 22.2 Å². The van der Waals surface area contributed by atoms with E-state index in [0.717, 1.165) is 12.7 Å². The average Bonchev–Trinajstić information content (AvgIpc) is 2.26. The fourth-order valence-corrected chi connectivity index (χ4v) is 1.54. The zero-order chi connectivity index (χ0) is 11.3. The summed E-state index contributed by atoms with van der Waals surface area (Å²) in [5.74, 6) is 1.23. The molecule has 0 aromatic heterocycles. The van der Waals surface area contributed by atoms with E-state index in [-0.39, 0.29) is 0 Å². The van der Waals surface area contributed by atoms with Crippen LogP contribution in [0.4, 0.5) is 0 Å². The topological polar surface area (TPSA) is 35.5 Å². The van der Waals surface area contributed by atoms with E-state index in [1.807, 2.05) is 6.92 Å². The minimum atomic E-state index is 0.552. The summed E-state index contributed by atoms with van der Waals surface area (Å²) in [6, 6.07) is 3.40. The molecule has 82 valence electrons. The van der Waals surface area contributed by atoms with Gasteiger partial charge in [0.15, 0.2) is 17.8 Å². The quantitative estimate of drug-likeness (QED) is 0.773. The second kappa shape index (κ2) is 5.75. The van der Waals surface area contributed by atoms with E-state index >= 15 is 0 Å². The molecule has 0 heterocycles. The molecule has 0 amide bonds. The van der Waals surface area contributed by atoms with E-state index in [4.69, 9.17) is 9.47 Å². The minimum absolute atomic E-state index is 0.552. The van der Waals surface area contributed by atoms with Gasteiger partial charge in [-0.15, -0.1) is 0 Å². The predicted octanol–water partition coefficient (Wildman–Crippen LogP) is 3.06. The zero-order valence-electron chi connectivity index (χ0n) is 8.75. The molecule has 0 N–H and O–H groups in total. The van der Waals surface area contributed by atoms with Crippen molar-refractivity contribution < 1.29 is 14.3 Å². The number of hydrogen-bond donors (Lipinski definition) is 0. The van der Waals surface area contributed by atoms with Crippen LogP contribution in [-0.2, 0) is 0 Å². The summed E-state index contributed by atoms with van der Waals surface area (Å²) in [6.07, 6.45) is 1.70. The Morgan fingerprint density at radius 3 is 2.67 bits per heavy atom. The molecule has 0 atom stereocenters. The highest BCUT2D eigenvalue weighted by atomic mass is 79.9. The summed E-state index contributed by atoms with van der Waals surface area (Å²) in [5.41, 5.74) is 0.552. The molecule has 0 aliphatic rings. The third-order valence-electron chi connectivity index (χ3n) is 1.87. The third-order valence-corrected chi connectivity index (χ3v) is 2.56. The predicted molar refractivity (Wildman–Crippen MR) is 61.9 cm³/mol. The van der Waals surface area contributed by atoms with Crippen LogP contribution in [0.3, 0.4) is 0 Å². The third kappa shape index (κ3) is 2.96. The van der Waals surface area contributed by atoms with E-state index in [1.54, 1.807) is 19.2 Å². The Hall–Kier alpha value is -1.03. The molecule has 0 fully saturated rings. The van der Waals surface area contributed by atoms with Gasteiger partial charge in [0.05, 0.1) is 13.7 Å². The molecule has 0 aliphatic heterocycles. The highest BCUT2D eigenvalue weighted by Gasteiger charge is 2.09. The van der Waals surface area contributed by atoms with Gasteiger partial charge >= 0.3 is 0 Å². The summed E-state index contributed by atoms with van der Waals surface area (Å²) >= 11 is 3.30. The molecule has 0 aliphatic carbocycles. The van der Waals surface area contributed by atoms with Crippen LogP contribution < -0.4 is 9.47 Å². The first-order valence-electron chi connectivity index (χ1n) is 4.68. The van der Waals surface area contributed by atoms with Crippen LogP contribution in [-0.4, -0.2) is 20.0 Å². The van der Waals surface area contributed by atoms with Crippen molar-refractivity contribution in [1.29, 1.82) is 0 Å². The van der Waals surface area contributed by atoms with Crippen LogP contribution >= 0.6 is 15.9 Å². The number of halogens is 1. The van der Waals surface area contributed by atoms with E-state index < -0.39 is 0 Å². The molecule has 1 aromatic carbocycles. The molecule has 1 rings (SSSR count). The largest absolute Gasteiger partial charge is 0.493 e. The maximum Gasteiger partial charge on any atom is 0.162 e. The molecule has 0 saturated carbocycles. The number of ether oxygens (including phenoxy) is 2. The smallest absolute Gasteiger partial charge is 0.162 e. The van der Waals surface area contributed by atoms with Crippen molar-refractivity contribution in [3.8, 4) is 11.5 Å². The number of carbonyl (C=O) groups is 1. The highest BCUT2D eigenvalue weighted by Crippen LogP contribution is 2.32. The van der Waals surface area contributed by atoms with Crippen molar-refractivity contribution in [2.75, 3.05) is 13.7 Å². The van der Waals surface area contributed by atoms with E-state index in [0.29, 0.717) is 28.1 Å². The molecule has 3 nitrogen and oxygen atoms in total. The van der Waals surface area contributed by atoms with Gasteiger partial charge in [-0.1, -0.05) is 6.92 Å². The Bertz CT molecular complexity index is 350. The lowest BCUT2D eigenvalue weighted by Gasteiger charge is -2.11. The molecule has 0 unspecified atom stereocenters. The van der Waals surface area contributed by atoms with Crippen LogP contribution in [0.15, 0.2) is 16.6 Å². The zero-order valence-corrected chi connectivity index (χ0v) is 10.3. The summed E-state index contributed by atoms with van der Waals surface area (Å²) in [4.78, 5) is 10.7. The Labute approximate surface area is 97.5 Å². The summed E-state index contributed by atoms with van der Waals surface area (Å²) < 4.78 is 11.3.